The third kappa shape index (κ3) is 260. The second kappa shape index (κ2) is 4.92. The largest absolute Gasteiger partial charge is 1.00 e. The molecule has 0 spiro atoms. The Morgan fingerprint density at radius 3 is 1.14 bits per heavy atom. The zero-order valence-corrected chi connectivity index (χ0v) is 6.54. The molecule has 0 fully saturated rings. The predicted molar refractivity (Wildman–Crippen MR) is 22.0 cm³/mol. The van der Waals surface area contributed by atoms with Crippen molar-refractivity contribution in [2.24, 2.45) is 0 Å². The third-order valence-electron chi connectivity index (χ3n) is 0. The van der Waals surface area contributed by atoms with Gasteiger partial charge in [0.05, 0.1) is 5.60 Å². The molecule has 0 aliphatic carbocycles. The summed E-state index contributed by atoms with van der Waals surface area (Å²) in [5.41, 5.74) is -0.500. The second-order valence-corrected chi connectivity index (χ2v) is 2.17. The van der Waals surface area contributed by atoms with Gasteiger partial charge in [0.25, 0.3) is 0 Å². The van der Waals surface area contributed by atoms with Crippen molar-refractivity contribution in [1.29, 1.82) is 0 Å². The van der Waals surface area contributed by atoms with Gasteiger partial charge in [-0.25, -0.2) is 0 Å². The molecule has 0 rings (SSSR count). The van der Waals surface area contributed by atoms with Crippen molar-refractivity contribution in [2.45, 2.75) is 26.4 Å². The summed E-state index contributed by atoms with van der Waals surface area (Å²) in [6.45, 7) is 5.23. The molecule has 0 saturated carbocycles. The van der Waals surface area contributed by atoms with E-state index in [0.717, 1.165) is 0 Å². The molecule has 1 N–H and O–H groups in total. The molecule has 0 amide bonds. The van der Waals surface area contributed by atoms with Crippen LogP contribution in [0.3, 0.4) is 0 Å². The van der Waals surface area contributed by atoms with E-state index in [1.54, 1.807) is 20.8 Å². The summed E-state index contributed by atoms with van der Waals surface area (Å²) in [7, 11) is 0. The molecule has 0 bridgehead atoms. The molecule has 0 heterocycles. The molecule has 0 aliphatic rings. The summed E-state index contributed by atoms with van der Waals surface area (Å²) in [6.07, 6.45) is 0. The Kier molecular flexibility index (Phi) is 11.0. The van der Waals surface area contributed by atoms with Gasteiger partial charge in [0.15, 0.2) is 0 Å². The van der Waals surface area contributed by atoms with Gasteiger partial charge in [0.2, 0.25) is 0 Å². The van der Waals surface area contributed by atoms with Crippen LogP contribution in [0.2, 0.25) is 0 Å². The van der Waals surface area contributed by atoms with Gasteiger partial charge in [-0.15, -0.1) is 0 Å². The fourth-order valence-electron chi connectivity index (χ4n) is 0. The first kappa shape index (κ1) is 15.7. The van der Waals surface area contributed by atoms with E-state index in [-0.39, 0.29) is 29.5 Å². The van der Waals surface area contributed by atoms with Gasteiger partial charge in [0, 0.05) is 17.1 Å². The molecule has 48 valence electrons. The Morgan fingerprint density at radius 2 is 1.14 bits per heavy atom. The molecule has 7 heavy (non-hydrogen) atoms. The average molecular weight is 165 g/mol. The Morgan fingerprint density at radius 1 is 1.14 bits per heavy atom. The normalized spacial score (nSPS) is 8.57. The SMILES string of the molecule is CC(C)(C)O.[Cl-].[Fe]. The number of rotatable bonds is 0. The Hall–Kier alpha value is 0.769. The molecule has 0 radical (unpaired) electrons. The number of hydrogen-bond donors (Lipinski definition) is 1. The summed E-state index contributed by atoms with van der Waals surface area (Å²) < 4.78 is 0. The summed E-state index contributed by atoms with van der Waals surface area (Å²) in [4.78, 5) is 0. The summed E-state index contributed by atoms with van der Waals surface area (Å²) >= 11 is 0. The van der Waals surface area contributed by atoms with Gasteiger partial charge in [-0.2, -0.15) is 0 Å². The number of halogens is 1. The maximum atomic E-state index is 8.52. The van der Waals surface area contributed by atoms with E-state index in [2.05, 4.69) is 0 Å². The Labute approximate surface area is 61.4 Å². The summed E-state index contributed by atoms with van der Waals surface area (Å²) in [6, 6.07) is 0. The minimum Gasteiger partial charge on any atom is -1.00 e. The molecule has 0 unspecified atom stereocenters. The topological polar surface area (TPSA) is 20.2 Å². The van der Waals surface area contributed by atoms with Gasteiger partial charge in [-0.1, -0.05) is 0 Å². The maximum Gasteiger partial charge on any atom is 0.0563 e. The summed E-state index contributed by atoms with van der Waals surface area (Å²) in [5, 5.41) is 8.52. The van der Waals surface area contributed by atoms with Crippen molar-refractivity contribution in [1.82, 2.24) is 0 Å². The minimum absolute atomic E-state index is 0. The van der Waals surface area contributed by atoms with E-state index in [9.17, 15) is 0 Å². The van der Waals surface area contributed by atoms with Crippen LogP contribution in [0, 0.1) is 0 Å². The molecule has 3 heteroatoms. The molecule has 0 aromatic rings. The molecular weight excluding hydrogens is 155 g/mol. The smallest absolute Gasteiger partial charge is 0.0563 e. The predicted octanol–water partition coefficient (Wildman–Crippen LogP) is -2.22. The fraction of sp³-hybridized carbons (Fsp3) is 1.00. The van der Waals surface area contributed by atoms with E-state index in [1.165, 1.54) is 0 Å². The van der Waals surface area contributed by atoms with Crippen molar-refractivity contribution in [3.63, 3.8) is 0 Å². The van der Waals surface area contributed by atoms with Crippen LogP contribution in [0.4, 0.5) is 0 Å². The van der Waals surface area contributed by atoms with Crippen LogP contribution in [0.25, 0.3) is 0 Å². The fourth-order valence-corrected chi connectivity index (χ4v) is 0. The van der Waals surface area contributed by atoms with E-state index >= 15 is 0 Å². The van der Waals surface area contributed by atoms with Crippen molar-refractivity contribution >= 4 is 0 Å². The standard InChI is InChI=1S/C4H10O.ClH.Fe/c1-4(2,3)5;;/h5H,1-3H3;1H;/p-1. The van der Waals surface area contributed by atoms with Gasteiger partial charge >= 0.3 is 0 Å². The Balaban J connectivity index is -0.0000000800. The first-order chi connectivity index (χ1) is 2.00. The molecule has 0 aromatic heterocycles. The quantitative estimate of drug-likeness (QED) is 0.403. The van der Waals surface area contributed by atoms with Crippen LogP contribution in [0.5, 0.6) is 0 Å². The Bertz CT molecular complexity index is 27.2. The van der Waals surface area contributed by atoms with Gasteiger partial charge in [0.1, 0.15) is 0 Å². The van der Waals surface area contributed by atoms with Gasteiger partial charge < -0.3 is 17.5 Å². The molecule has 0 saturated heterocycles. The van der Waals surface area contributed by atoms with Crippen LogP contribution in [-0.2, 0) is 17.1 Å². The van der Waals surface area contributed by atoms with Crippen molar-refractivity contribution in [3.05, 3.63) is 0 Å². The number of aliphatic hydroxyl groups is 1. The zero-order chi connectivity index (χ0) is 4.50. The van der Waals surface area contributed by atoms with Gasteiger partial charge in [-0.3, -0.25) is 0 Å². The summed E-state index contributed by atoms with van der Waals surface area (Å²) in [5.74, 6) is 0. The first-order valence-corrected chi connectivity index (χ1v) is 1.72. The van der Waals surface area contributed by atoms with Gasteiger partial charge in [-0.05, 0) is 20.8 Å². The van der Waals surface area contributed by atoms with Crippen LogP contribution < -0.4 is 12.4 Å². The molecule has 0 aliphatic heterocycles. The number of hydrogen-bond acceptors (Lipinski definition) is 1. The van der Waals surface area contributed by atoms with E-state index < -0.39 is 5.60 Å². The van der Waals surface area contributed by atoms with E-state index in [4.69, 9.17) is 5.11 Å². The second-order valence-electron chi connectivity index (χ2n) is 2.17. The van der Waals surface area contributed by atoms with Crippen LogP contribution >= 0.6 is 0 Å². The molecular formula is C4H10ClFeO-. The molecule has 0 atom stereocenters. The van der Waals surface area contributed by atoms with Crippen molar-refractivity contribution in [2.75, 3.05) is 0 Å². The van der Waals surface area contributed by atoms with Crippen molar-refractivity contribution in [3.8, 4) is 0 Å². The van der Waals surface area contributed by atoms with Crippen molar-refractivity contribution < 1.29 is 34.6 Å². The minimum atomic E-state index is -0.500. The van der Waals surface area contributed by atoms with E-state index in [0.29, 0.717) is 0 Å². The third-order valence-corrected chi connectivity index (χ3v) is 0. The average Bonchev–Trinajstić information content (AvgIpc) is 0.722. The maximum absolute atomic E-state index is 8.52. The monoisotopic (exact) mass is 165 g/mol. The van der Waals surface area contributed by atoms with Crippen LogP contribution in [-0.4, -0.2) is 10.7 Å². The molecule has 1 nitrogen and oxygen atoms in total. The molecule has 0 aromatic carbocycles. The van der Waals surface area contributed by atoms with E-state index in [1.807, 2.05) is 0 Å². The van der Waals surface area contributed by atoms with Crippen LogP contribution in [0.1, 0.15) is 20.8 Å². The zero-order valence-electron chi connectivity index (χ0n) is 4.68. The first-order valence-electron chi connectivity index (χ1n) is 1.72. The van der Waals surface area contributed by atoms with Crippen LogP contribution in [0.15, 0.2) is 0 Å².